The zero-order chi connectivity index (χ0) is 19.0. The largest absolute Gasteiger partial charge is 0.402 e. The summed E-state index contributed by atoms with van der Waals surface area (Å²) >= 11 is 0. The number of hydrogen-bond donors (Lipinski definition) is 0. The maximum atomic E-state index is 7.50. The van der Waals surface area contributed by atoms with Crippen molar-refractivity contribution in [2.24, 2.45) is 0 Å². The van der Waals surface area contributed by atoms with Crippen molar-refractivity contribution in [2.45, 2.75) is 19.6 Å². The first kappa shape index (κ1) is 37.6. The number of hydrogen-bond acceptors (Lipinski definition) is 6. The first-order valence-corrected chi connectivity index (χ1v) is 8.50. The maximum Gasteiger partial charge on any atom is 0.281 e. The molecule has 8 heteroatoms. The van der Waals surface area contributed by atoms with Crippen LogP contribution in [0.4, 0.5) is 0 Å². The van der Waals surface area contributed by atoms with Crippen LogP contribution in [0.3, 0.4) is 0 Å². The van der Waals surface area contributed by atoms with Crippen LogP contribution in [0.15, 0.2) is 30.3 Å². The second-order valence-electron chi connectivity index (χ2n) is 3.68. The van der Waals surface area contributed by atoms with E-state index < -0.39 is 8.32 Å². The SMILES string of the molecule is C[Si](C)(C)O[C]c1ccccc1.[C]=O.[C]=O.[C]=O.[C]=O.[C]=O.[W]. The third kappa shape index (κ3) is 44.9. The fourth-order valence-corrected chi connectivity index (χ4v) is 1.14. The van der Waals surface area contributed by atoms with E-state index in [1.807, 2.05) is 30.3 Å². The molecule has 0 amide bonds. The van der Waals surface area contributed by atoms with Crippen LogP contribution in [0.1, 0.15) is 5.56 Å². The molecule has 0 fully saturated rings. The molecule has 0 aliphatic carbocycles. The van der Waals surface area contributed by atoms with E-state index >= 15 is 0 Å². The van der Waals surface area contributed by atoms with Crippen LogP contribution in [0.5, 0.6) is 0 Å². The number of rotatable bonds is 3. The van der Waals surface area contributed by atoms with Crippen molar-refractivity contribution < 1.29 is 49.5 Å². The summed E-state index contributed by atoms with van der Waals surface area (Å²) in [4.78, 5) is 37.5. The van der Waals surface area contributed by atoms with E-state index in [0.29, 0.717) is 0 Å². The van der Waals surface area contributed by atoms with Gasteiger partial charge in [0.15, 0.2) is 14.9 Å². The minimum Gasteiger partial charge on any atom is -0.402 e. The molecule has 120 valence electrons. The van der Waals surface area contributed by atoms with Gasteiger partial charge in [-0.15, -0.1) is 0 Å². The van der Waals surface area contributed by atoms with Crippen molar-refractivity contribution in [1.82, 2.24) is 0 Å². The molecule has 6 nitrogen and oxygen atoms in total. The van der Waals surface area contributed by atoms with Crippen molar-refractivity contribution >= 4 is 42.3 Å². The minimum atomic E-state index is -1.45. The zero-order valence-corrected chi connectivity index (χ0v) is 16.7. The molecule has 0 unspecified atom stereocenters. The van der Waals surface area contributed by atoms with Crippen LogP contribution in [-0.2, 0) is 49.5 Å². The molecule has 1 rings (SSSR count). The molecule has 0 saturated heterocycles. The van der Waals surface area contributed by atoms with Gasteiger partial charge in [-0.2, -0.15) is 0 Å². The third-order valence-corrected chi connectivity index (χ3v) is 1.96. The van der Waals surface area contributed by atoms with Gasteiger partial charge in [0.25, 0.3) is 33.9 Å². The first-order valence-electron chi connectivity index (χ1n) is 5.09. The molecule has 0 bridgehead atoms. The smallest absolute Gasteiger partial charge is 0.281 e. The third-order valence-electron chi connectivity index (χ3n) is 1.25. The van der Waals surface area contributed by atoms with Gasteiger partial charge < -0.3 is 4.43 Å². The molecule has 0 aliphatic rings. The van der Waals surface area contributed by atoms with Crippen molar-refractivity contribution in [3.63, 3.8) is 0 Å². The quantitative estimate of drug-likeness (QED) is 0.572. The van der Waals surface area contributed by atoms with E-state index in [1.165, 1.54) is 0 Å². The Kier molecular flexibility index (Phi) is 60.5. The van der Waals surface area contributed by atoms with Crippen LogP contribution in [0.2, 0.25) is 19.6 Å². The second-order valence-corrected chi connectivity index (χ2v) is 8.11. The Hall–Kier alpha value is -1.56. The Labute approximate surface area is 154 Å². The number of benzene rings is 1. The molecule has 0 aliphatic heterocycles. The van der Waals surface area contributed by atoms with E-state index in [4.69, 9.17) is 28.4 Å². The molecule has 23 heavy (non-hydrogen) atoms. The molecule has 12 radical (unpaired) electrons. The van der Waals surface area contributed by atoms with Gasteiger partial charge in [0.1, 0.15) is 0 Å². The molecule has 1 aromatic rings. The van der Waals surface area contributed by atoms with E-state index in [1.54, 1.807) is 0 Å². The Balaban J connectivity index is -0.0000000565. The van der Waals surface area contributed by atoms with Crippen LogP contribution in [0, 0.1) is 6.61 Å². The molecule has 0 saturated carbocycles. The average molecular weight is 502 g/mol. The Morgan fingerprint density at radius 2 is 1.04 bits per heavy atom. The van der Waals surface area contributed by atoms with Gasteiger partial charge in [0.05, 0.1) is 0 Å². The summed E-state index contributed by atoms with van der Waals surface area (Å²) in [5.74, 6) is 0. The molecular formula is C15H14O6SiW. The predicted molar refractivity (Wildman–Crippen MR) is 81.7 cm³/mol. The van der Waals surface area contributed by atoms with Gasteiger partial charge in [0.2, 0.25) is 0 Å². The second kappa shape index (κ2) is 37.0. The zero-order valence-electron chi connectivity index (χ0n) is 12.7. The van der Waals surface area contributed by atoms with Gasteiger partial charge in [-0.25, -0.2) is 0 Å². The van der Waals surface area contributed by atoms with Gasteiger partial charge in [0, 0.05) is 21.1 Å². The summed E-state index contributed by atoms with van der Waals surface area (Å²) < 4.78 is 5.50. The topological polar surface area (TPSA) is 94.6 Å². The van der Waals surface area contributed by atoms with E-state index in [9.17, 15) is 0 Å². The summed E-state index contributed by atoms with van der Waals surface area (Å²) in [7, 11) is -1.45. The molecule has 0 heterocycles. The van der Waals surface area contributed by atoms with Crippen molar-refractivity contribution in [1.29, 1.82) is 0 Å². The molecule has 0 atom stereocenters. The Morgan fingerprint density at radius 1 is 0.739 bits per heavy atom. The van der Waals surface area contributed by atoms with Gasteiger partial charge >= 0.3 is 0 Å². The summed E-state index contributed by atoms with van der Waals surface area (Å²) in [6.07, 6.45) is 0. The van der Waals surface area contributed by atoms with Crippen LogP contribution >= 0.6 is 0 Å². The molecule has 1 aromatic carbocycles. The van der Waals surface area contributed by atoms with Gasteiger partial charge in [-0.3, -0.25) is 24.0 Å². The molecular weight excluding hydrogens is 488 g/mol. The van der Waals surface area contributed by atoms with Crippen LogP contribution in [0.25, 0.3) is 0 Å². The van der Waals surface area contributed by atoms with Gasteiger partial charge in [-0.1, -0.05) is 30.3 Å². The van der Waals surface area contributed by atoms with E-state index in [-0.39, 0.29) is 21.1 Å². The Bertz CT molecular complexity index is 297. The molecule has 0 N–H and O–H groups in total. The van der Waals surface area contributed by atoms with Gasteiger partial charge in [-0.05, 0) is 25.2 Å². The predicted octanol–water partition coefficient (Wildman–Crippen LogP) is 0.937. The molecule has 0 spiro atoms. The van der Waals surface area contributed by atoms with Crippen molar-refractivity contribution in [3.05, 3.63) is 42.5 Å². The minimum absolute atomic E-state index is 0. The summed E-state index contributed by atoms with van der Waals surface area (Å²) in [6, 6.07) is 9.92. The van der Waals surface area contributed by atoms with Crippen LogP contribution < -0.4 is 0 Å². The average Bonchev–Trinajstić information content (AvgIpc) is 2.62. The van der Waals surface area contributed by atoms with E-state index in [0.717, 1.165) is 5.56 Å². The van der Waals surface area contributed by atoms with E-state index in [2.05, 4.69) is 60.2 Å². The maximum absolute atomic E-state index is 7.50. The standard InChI is InChI=1S/C10H14OSi.5CO.W/c1-12(2,3)11-9-10-7-5-4-6-8-10;5*1-2;/h4-8H,1-3H3;;;;;;. The number of carbonyl (C=O) groups excluding carboxylic acids is 5. The fraction of sp³-hybridized carbons (Fsp3) is 0.200. The van der Waals surface area contributed by atoms with Crippen molar-refractivity contribution in [3.8, 4) is 0 Å². The Morgan fingerprint density at radius 3 is 1.30 bits per heavy atom. The molecule has 0 aromatic heterocycles. The van der Waals surface area contributed by atoms with Crippen LogP contribution in [-0.4, -0.2) is 42.3 Å². The summed E-state index contributed by atoms with van der Waals surface area (Å²) in [5, 5.41) is 0. The fourth-order valence-electron chi connectivity index (χ4n) is 0.718. The normalized spacial score (nSPS) is 6.91. The summed E-state index contributed by atoms with van der Waals surface area (Å²) in [6.45, 7) is 31.9. The van der Waals surface area contributed by atoms with Crippen molar-refractivity contribution in [2.75, 3.05) is 0 Å². The summed E-state index contributed by atoms with van der Waals surface area (Å²) in [5.41, 5.74) is 1.01. The first-order chi connectivity index (χ1) is 10.6. The monoisotopic (exact) mass is 502 g/mol.